The summed E-state index contributed by atoms with van der Waals surface area (Å²) in [7, 11) is 1.55. The fourth-order valence-electron chi connectivity index (χ4n) is 1.62. The Bertz CT molecular complexity index is 520. The predicted octanol–water partition coefficient (Wildman–Crippen LogP) is 1.32. The zero-order valence-corrected chi connectivity index (χ0v) is 11.6. The van der Waals surface area contributed by atoms with Crippen LogP contribution >= 0.6 is 0 Å². The van der Waals surface area contributed by atoms with Crippen molar-refractivity contribution in [3.8, 4) is 11.8 Å². The summed E-state index contributed by atoms with van der Waals surface area (Å²) in [5.41, 5.74) is 0.611. The second kappa shape index (κ2) is 8.31. The molecule has 0 saturated heterocycles. The van der Waals surface area contributed by atoms with Gasteiger partial charge in [0.05, 0.1) is 18.8 Å². The number of ether oxygens (including phenoxy) is 1. The van der Waals surface area contributed by atoms with E-state index in [9.17, 15) is 9.18 Å². The smallest absolute Gasteiger partial charge is 0.252 e. The molecule has 0 aliphatic heterocycles. The van der Waals surface area contributed by atoms with Crippen molar-refractivity contribution in [3.05, 3.63) is 35.1 Å². The van der Waals surface area contributed by atoms with E-state index in [4.69, 9.17) is 9.84 Å². The first-order valence-corrected chi connectivity index (χ1v) is 6.27. The average molecular weight is 279 g/mol. The molecule has 1 aromatic carbocycles. The van der Waals surface area contributed by atoms with Gasteiger partial charge in [0.2, 0.25) is 0 Å². The number of carbonyl (C=O) groups is 1. The summed E-state index contributed by atoms with van der Waals surface area (Å²) in [6.07, 6.45) is 0.275. The minimum absolute atomic E-state index is 0.0747. The highest BCUT2D eigenvalue weighted by atomic mass is 19.1. The Morgan fingerprint density at radius 3 is 2.95 bits per heavy atom. The fourth-order valence-corrected chi connectivity index (χ4v) is 1.62. The van der Waals surface area contributed by atoms with E-state index in [-0.39, 0.29) is 25.0 Å². The zero-order valence-electron chi connectivity index (χ0n) is 11.6. The molecular weight excluding hydrogens is 261 g/mol. The molecule has 108 valence electrons. The van der Waals surface area contributed by atoms with Crippen LogP contribution in [-0.4, -0.2) is 37.4 Å². The summed E-state index contributed by atoms with van der Waals surface area (Å²) in [6, 6.07) is 3.66. The molecule has 1 unspecified atom stereocenters. The van der Waals surface area contributed by atoms with Crippen molar-refractivity contribution < 1.29 is 19.0 Å². The molecule has 0 heterocycles. The number of hydrogen-bond acceptors (Lipinski definition) is 3. The van der Waals surface area contributed by atoms with E-state index in [0.717, 1.165) is 0 Å². The molecule has 0 spiro atoms. The SMILES string of the molecule is COCC(C)NC(=O)c1ccc(F)cc1C#CCCO. The van der Waals surface area contributed by atoms with E-state index in [2.05, 4.69) is 17.2 Å². The molecular formula is C15H18FNO3. The number of hydrogen-bond donors (Lipinski definition) is 2. The first-order chi connectivity index (χ1) is 9.58. The van der Waals surface area contributed by atoms with Crippen molar-refractivity contribution in [2.45, 2.75) is 19.4 Å². The summed E-state index contributed by atoms with van der Waals surface area (Å²) in [5.74, 6) is 4.59. The molecule has 0 saturated carbocycles. The third kappa shape index (κ3) is 5.00. The van der Waals surface area contributed by atoms with Crippen molar-refractivity contribution in [1.29, 1.82) is 0 Å². The molecule has 4 nitrogen and oxygen atoms in total. The third-order valence-corrected chi connectivity index (χ3v) is 2.48. The molecule has 1 rings (SSSR count). The second-order valence-corrected chi connectivity index (χ2v) is 4.30. The molecule has 1 aromatic rings. The van der Waals surface area contributed by atoms with E-state index in [0.29, 0.717) is 17.7 Å². The highest BCUT2D eigenvalue weighted by molar-refractivity contribution is 5.96. The second-order valence-electron chi connectivity index (χ2n) is 4.30. The largest absolute Gasteiger partial charge is 0.395 e. The summed E-state index contributed by atoms with van der Waals surface area (Å²) in [6.45, 7) is 2.12. The number of rotatable bonds is 5. The van der Waals surface area contributed by atoms with Crippen LogP contribution in [0.3, 0.4) is 0 Å². The maximum Gasteiger partial charge on any atom is 0.252 e. The molecule has 0 aliphatic rings. The first kappa shape index (κ1) is 16.2. The lowest BCUT2D eigenvalue weighted by Gasteiger charge is -2.13. The lowest BCUT2D eigenvalue weighted by atomic mass is 10.1. The standard InChI is InChI=1S/C15H18FNO3/c1-11(10-20-2)17-15(19)14-7-6-13(16)9-12(14)5-3-4-8-18/h6-7,9,11,18H,4,8,10H2,1-2H3,(H,17,19). The first-order valence-electron chi connectivity index (χ1n) is 6.27. The van der Waals surface area contributed by atoms with Crippen LogP contribution in [-0.2, 0) is 4.74 Å². The summed E-state index contributed by atoms with van der Waals surface area (Å²) >= 11 is 0. The molecule has 0 aliphatic carbocycles. The summed E-state index contributed by atoms with van der Waals surface area (Å²) in [5, 5.41) is 11.4. The Morgan fingerprint density at radius 2 is 2.30 bits per heavy atom. The molecule has 20 heavy (non-hydrogen) atoms. The van der Waals surface area contributed by atoms with Gasteiger partial charge in [-0.25, -0.2) is 4.39 Å². The maximum absolute atomic E-state index is 13.2. The zero-order chi connectivity index (χ0) is 15.0. The number of nitrogens with one attached hydrogen (secondary N) is 1. The van der Waals surface area contributed by atoms with Gasteiger partial charge in [0, 0.05) is 25.1 Å². The van der Waals surface area contributed by atoms with Gasteiger partial charge >= 0.3 is 0 Å². The Labute approximate surface area is 117 Å². The number of benzene rings is 1. The number of carbonyl (C=O) groups excluding carboxylic acids is 1. The van der Waals surface area contributed by atoms with E-state index in [1.54, 1.807) is 7.11 Å². The lowest BCUT2D eigenvalue weighted by molar-refractivity contribution is 0.0905. The van der Waals surface area contributed by atoms with Crippen LogP contribution in [0.5, 0.6) is 0 Å². The number of methoxy groups -OCH3 is 1. The van der Waals surface area contributed by atoms with Crippen LogP contribution in [0.2, 0.25) is 0 Å². The molecule has 1 amide bonds. The molecule has 0 fully saturated rings. The van der Waals surface area contributed by atoms with Gasteiger partial charge in [-0.15, -0.1) is 0 Å². The minimum atomic E-state index is -0.459. The van der Waals surface area contributed by atoms with Gasteiger partial charge in [0.15, 0.2) is 0 Å². The van der Waals surface area contributed by atoms with E-state index < -0.39 is 5.82 Å². The van der Waals surface area contributed by atoms with Crippen molar-refractivity contribution in [2.75, 3.05) is 20.3 Å². The van der Waals surface area contributed by atoms with Crippen LogP contribution in [0.4, 0.5) is 4.39 Å². The van der Waals surface area contributed by atoms with E-state index >= 15 is 0 Å². The quantitative estimate of drug-likeness (QED) is 0.799. The molecule has 0 bridgehead atoms. The van der Waals surface area contributed by atoms with Crippen LogP contribution in [0.1, 0.15) is 29.3 Å². The van der Waals surface area contributed by atoms with Crippen LogP contribution in [0.25, 0.3) is 0 Å². The molecule has 2 N–H and O–H groups in total. The van der Waals surface area contributed by atoms with Crippen molar-refractivity contribution >= 4 is 5.91 Å². The molecule has 5 heteroatoms. The summed E-state index contributed by atoms with van der Waals surface area (Å²) < 4.78 is 18.2. The number of amides is 1. The van der Waals surface area contributed by atoms with Crippen LogP contribution in [0.15, 0.2) is 18.2 Å². The van der Waals surface area contributed by atoms with Crippen LogP contribution < -0.4 is 5.32 Å². The summed E-state index contributed by atoms with van der Waals surface area (Å²) in [4.78, 5) is 12.1. The fraction of sp³-hybridized carbons (Fsp3) is 0.400. The monoisotopic (exact) mass is 279 g/mol. The van der Waals surface area contributed by atoms with Gasteiger partial charge in [-0.3, -0.25) is 4.79 Å². The molecule has 1 atom stereocenters. The van der Waals surface area contributed by atoms with Crippen LogP contribution in [0, 0.1) is 17.7 Å². The number of aliphatic hydroxyl groups excluding tert-OH is 1. The van der Waals surface area contributed by atoms with Gasteiger partial charge in [0.1, 0.15) is 5.82 Å². The van der Waals surface area contributed by atoms with E-state index in [1.165, 1.54) is 18.2 Å². The number of halogens is 1. The van der Waals surface area contributed by atoms with E-state index in [1.807, 2.05) is 6.92 Å². The lowest BCUT2D eigenvalue weighted by Crippen LogP contribution is -2.36. The Kier molecular flexibility index (Phi) is 6.71. The third-order valence-electron chi connectivity index (χ3n) is 2.48. The normalized spacial score (nSPS) is 11.4. The van der Waals surface area contributed by atoms with Gasteiger partial charge in [0.25, 0.3) is 5.91 Å². The highest BCUT2D eigenvalue weighted by Gasteiger charge is 2.13. The van der Waals surface area contributed by atoms with Gasteiger partial charge in [-0.05, 0) is 25.1 Å². The van der Waals surface area contributed by atoms with Gasteiger partial charge in [-0.2, -0.15) is 0 Å². The van der Waals surface area contributed by atoms with Crippen molar-refractivity contribution in [3.63, 3.8) is 0 Å². The highest BCUT2D eigenvalue weighted by Crippen LogP contribution is 2.11. The average Bonchev–Trinajstić information content (AvgIpc) is 2.39. The topological polar surface area (TPSA) is 58.6 Å². The van der Waals surface area contributed by atoms with Crippen molar-refractivity contribution in [1.82, 2.24) is 5.32 Å². The molecule has 0 aromatic heterocycles. The molecule has 0 radical (unpaired) electrons. The Hall–Kier alpha value is -1.90. The Morgan fingerprint density at radius 1 is 1.55 bits per heavy atom. The van der Waals surface area contributed by atoms with Crippen molar-refractivity contribution in [2.24, 2.45) is 0 Å². The maximum atomic E-state index is 13.2. The van der Waals surface area contributed by atoms with Gasteiger partial charge < -0.3 is 15.2 Å². The Balaban J connectivity index is 2.93. The predicted molar refractivity (Wildman–Crippen MR) is 73.8 cm³/mol. The minimum Gasteiger partial charge on any atom is -0.395 e. The number of aliphatic hydroxyl groups is 1. The van der Waals surface area contributed by atoms with Gasteiger partial charge in [-0.1, -0.05) is 11.8 Å².